The third-order valence-corrected chi connectivity index (χ3v) is 2.62. The SMILES string of the molecule is CCCC(OC)C(C(=O)O[SiH3])=C(C)OC. The van der Waals surface area contributed by atoms with Gasteiger partial charge in [0.05, 0.1) is 13.2 Å². The van der Waals surface area contributed by atoms with Crippen LogP contribution in [0.5, 0.6) is 0 Å². The van der Waals surface area contributed by atoms with E-state index in [1.165, 1.54) is 7.11 Å². The molecule has 0 saturated carbocycles. The van der Waals surface area contributed by atoms with Gasteiger partial charge in [0.2, 0.25) is 10.5 Å². The standard InChI is InChI=1S/C10H20O4Si/c1-5-6-8(13-4)9(7(2)12-3)10(11)14-15/h8H,5-6H2,1-4,15H3. The molecule has 0 aliphatic carbocycles. The average molecular weight is 232 g/mol. The monoisotopic (exact) mass is 232 g/mol. The fourth-order valence-electron chi connectivity index (χ4n) is 1.36. The van der Waals surface area contributed by atoms with Crippen molar-refractivity contribution >= 4 is 16.5 Å². The van der Waals surface area contributed by atoms with Crippen molar-refractivity contribution in [3.05, 3.63) is 11.3 Å². The number of hydrogen-bond donors (Lipinski definition) is 0. The van der Waals surface area contributed by atoms with Gasteiger partial charge in [-0.05, 0) is 13.3 Å². The molecule has 1 atom stereocenters. The molecule has 1 unspecified atom stereocenters. The van der Waals surface area contributed by atoms with Gasteiger partial charge in [0.25, 0.3) is 0 Å². The number of rotatable bonds is 6. The second-order valence-electron chi connectivity index (χ2n) is 3.18. The topological polar surface area (TPSA) is 44.8 Å². The molecule has 0 spiro atoms. The summed E-state index contributed by atoms with van der Waals surface area (Å²) in [7, 11) is 3.50. The van der Waals surface area contributed by atoms with Crippen LogP contribution in [0.4, 0.5) is 0 Å². The average Bonchev–Trinajstić information content (AvgIpc) is 2.27. The zero-order valence-corrected chi connectivity index (χ0v) is 12.1. The summed E-state index contributed by atoms with van der Waals surface area (Å²) in [6.07, 6.45) is 1.48. The van der Waals surface area contributed by atoms with Crippen LogP contribution in [0.1, 0.15) is 26.7 Å². The molecular formula is C10H20O4Si. The summed E-state index contributed by atoms with van der Waals surface area (Å²) >= 11 is 0. The summed E-state index contributed by atoms with van der Waals surface area (Å²) in [6.45, 7) is 3.79. The van der Waals surface area contributed by atoms with Crippen molar-refractivity contribution < 1.29 is 18.7 Å². The van der Waals surface area contributed by atoms with E-state index in [2.05, 4.69) is 0 Å². The third kappa shape index (κ3) is 4.05. The summed E-state index contributed by atoms with van der Waals surface area (Å²) in [5.41, 5.74) is 0.497. The Morgan fingerprint density at radius 2 is 2.00 bits per heavy atom. The van der Waals surface area contributed by atoms with Gasteiger partial charge in [-0.3, -0.25) is 0 Å². The van der Waals surface area contributed by atoms with Gasteiger partial charge >= 0.3 is 5.97 Å². The van der Waals surface area contributed by atoms with Crippen LogP contribution >= 0.6 is 0 Å². The molecule has 15 heavy (non-hydrogen) atoms. The Balaban J connectivity index is 4.99. The number of carbonyl (C=O) groups excluding carboxylic acids is 1. The minimum atomic E-state index is -0.332. The van der Waals surface area contributed by atoms with Crippen molar-refractivity contribution in [1.82, 2.24) is 0 Å². The van der Waals surface area contributed by atoms with Gasteiger partial charge in [-0.1, -0.05) is 13.3 Å². The van der Waals surface area contributed by atoms with E-state index < -0.39 is 0 Å². The minimum absolute atomic E-state index is 0.239. The predicted molar refractivity (Wildman–Crippen MR) is 61.4 cm³/mol. The zero-order chi connectivity index (χ0) is 11.8. The molecule has 0 aromatic carbocycles. The lowest BCUT2D eigenvalue weighted by Gasteiger charge is -2.18. The molecule has 4 nitrogen and oxygen atoms in total. The molecule has 0 aromatic rings. The Kier molecular flexibility index (Phi) is 7.07. The fourth-order valence-corrected chi connectivity index (χ4v) is 1.58. The summed E-state index contributed by atoms with van der Waals surface area (Å²) in [6, 6.07) is 0. The molecule has 0 aliphatic heterocycles. The second kappa shape index (κ2) is 7.47. The van der Waals surface area contributed by atoms with Gasteiger partial charge in [0.1, 0.15) is 11.3 Å². The van der Waals surface area contributed by atoms with Crippen molar-refractivity contribution in [2.45, 2.75) is 32.8 Å². The smallest absolute Gasteiger partial charge is 0.326 e. The number of hydrogen-bond acceptors (Lipinski definition) is 4. The zero-order valence-electron chi connectivity index (χ0n) is 10.1. The van der Waals surface area contributed by atoms with E-state index in [-0.39, 0.29) is 12.1 Å². The van der Waals surface area contributed by atoms with E-state index in [0.29, 0.717) is 21.8 Å². The Bertz CT molecular complexity index is 238. The first-order valence-corrected chi connectivity index (χ1v) is 5.79. The van der Waals surface area contributed by atoms with Crippen molar-refractivity contribution in [2.75, 3.05) is 14.2 Å². The van der Waals surface area contributed by atoms with E-state index in [1.807, 2.05) is 6.92 Å². The van der Waals surface area contributed by atoms with E-state index in [1.54, 1.807) is 14.0 Å². The molecule has 0 bridgehead atoms. The van der Waals surface area contributed by atoms with Gasteiger partial charge in [0.15, 0.2) is 0 Å². The molecule has 0 aromatic heterocycles. The molecule has 0 rings (SSSR count). The molecule has 0 saturated heterocycles. The molecule has 0 aliphatic rings. The number of carbonyl (C=O) groups is 1. The highest BCUT2D eigenvalue weighted by Gasteiger charge is 2.23. The molecule has 0 amide bonds. The van der Waals surface area contributed by atoms with E-state index in [0.717, 1.165) is 12.8 Å². The maximum atomic E-state index is 11.6. The van der Waals surface area contributed by atoms with E-state index >= 15 is 0 Å². The normalized spacial score (nSPS) is 14.4. The molecule has 0 N–H and O–H groups in total. The first-order valence-electron chi connectivity index (χ1n) is 4.98. The van der Waals surface area contributed by atoms with Crippen LogP contribution in [0.2, 0.25) is 0 Å². The highest BCUT2D eigenvalue weighted by molar-refractivity contribution is 6.09. The fraction of sp³-hybridized carbons (Fsp3) is 0.700. The second-order valence-corrected chi connectivity index (χ2v) is 3.59. The maximum absolute atomic E-state index is 11.6. The van der Waals surface area contributed by atoms with Crippen molar-refractivity contribution in [1.29, 1.82) is 0 Å². The number of allylic oxidation sites excluding steroid dienone is 1. The van der Waals surface area contributed by atoms with Crippen molar-refractivity contribution in [3.63, 3.8) is 0 Å². The summed E-state index contributed by atoms with van der Waals surface area (Å²) in [4.78, 5) is 11.6. The quantitative estimate of drug-likeness (QED) is 0.381. The Labute approximate surface area is 94.1 Å². The lowest BCUT2D eigenvalue weighted by molar-refractivity contribution is -0.131. The Hall–Kier alpha value is -0.813. The predicted octanol–water partition coefficient (Wildman–Crippen LogP) is 0.545. The van der Waals surface area contributed by atoms with Crippen LogP contribution in [0, 0.1) is 0 Å². The Morgan fingerprint density at radius 3 is 2.33 bits per heavy atom. The van der Waals surface area contributed by atoms with Crippen molar-refractivity contribution in [2.24, 2.45) is 0 Å². The van der Waals surface area contributed by atoms with Gasteiger partial charge in [-0.15, -0.1) is 0 Å². The van der Waals surface area contributed by atoms with Gasteiger partial charge in [-0.2, -0.15) is 0 Å². The lowest BCUT2D eigenvalue weighted by atomic mass is 10.0. The molecular weight excluding hydrogens is 212 g/mol. The van der Waals surface area contributed by atoms with Gasteiger partial charge in [0, 0.05) is 7.11 Å². The van der Waals surface area contributed by atoms with Crippen LogP contribution in [0.25, 0.3) is 0 Å². The van der Waals surface area contributed by atoms with E-state index in [9.17, 15) is 4.79 Å². The van der Waals surface area contributed by atoms with Gasteiger partial charge < -0.3 is 13.9 Å². The molecule has 0 fully saturated rings. The van der Waals surface area contributed by atoms with Crippen LogP contribution in [0.15, 0.2) is 11.3 Å². The van der Waals surface area contributed by atoms with Crippen LogP contribution in [-0.2, 0) is 18.7 Å². The summed E-state index contributed by atoms with van der Waals surface area (Å²) in [5.74, 6) is 0.234. The Morgan fingerprint density at radius 1 is 1.40 bits per heavy atom. The highest BCUT2D eigenvalue weighted by atomic mass is 28.2. The largest absolute Gasteiger partial charge is 0.525 e. The number of ether oxygens (including phenoxy) is 2. The molecule has 0 heterocycles. The van der Waals surface area contributed by atoms with Gasteiger partial charge in [-0.25, -0.2) is 4.79 Å². The summed E-state index contributed by atoms with van der Waals surface area (Å²) < 4.78 is 15.2. The minimum Gasteiger partial charge on any atom is -0.525 e. The van der Waals surface area contributed by atoms with Crippen LogP contribution in [-0.4, -0.2) is 36.8 Å². The first kappa shape index (κ1) is 14.2. The van der Waals surface area contributed by atoms with Crippen LogP contribution < -0.4 is 0 Å². The van der Waals surface area contributed by atoms with Crippen molar-refractivity contribution in [3.8, 4) is 0 Å². The lowest BCUT2D eigenvalue weighted by Crippen LogP contribution is -2.23. The maximum Gasteiger partial charge on any atom is 0.326 e. The summed E-state index contributed by atoms with van der Waals surface area (Å²) in [5, 5.41) is 0. The highest BCUT2D eigenvalue weighted by Crippen LogP contribution is 2.18. The number of methoxy groups -OCH3 is 2. The molecule has 0 radical (unpaired) electrons. The molecule has 5 heteroatoms. The van der Waals surface area contributed by atoms with E-state index in [4.69, 9.17) is 13.9 Å². The first-order chi connectivity index (χ1) is 7.12. The third-order valence-electron chi connectivity index (χ3n) is 2.25. The van der Waals surface area contributed by atoms with Crippen LogP contribution in [0.3, 0.4) is 0 Å². The molecule has 88 valence electrons.